The highest BCUT2D eigenvalue weighted by molar-refractivity contribution is 5.74. The van der Waals surface area contributed by atoms with Gasteiger partial charge in [-0.25, -0.2) is 4.98 Å². The highest BCUT2D eigenvalue weighted by atomic mass is 16.5. The number of rotatable bonds is 6. The molecule has 4 rings (SSSR count). The lowest BCUT2D eigenvalue weighted by molar-refractivity contribution is 0.193. The van der Waals surface area contributed by atoms with E-state index in [0.717, 1.165) is 47.9 Å². The van der Waals surface area contributed by atoms with Gasteiger partial charge < -0.3 is 14.5 Å². The number of para-hydroxylation sites is 2. The quantitative estimate of drug-likeness (QED) is 0.743. The Bertz CT molecular complexity index is 795. The Morgan fingerprint density at radius 3 is 2.72 bits per heavy atom. The molecule has 0 spiro atoms. The molecular formula is C20H23N3O2. The van der Waals surface area contributed by atoms with Gasteiger partial charge in [0.25, 0.3) is 0 Å². The standard InChI is InChI=1S/C20H23N3O2/c1-24-15-8-10-16(11-9-15)25-14-13-23-12-4-7-19(23)20-21-17-5-2-3-6-18(17)22-20/h2-3,5-6,8-11,19H,4,7,12-14H2,1H3,(H,21,22)/t19-/m0/s1. The van der Waals surface area contributed by atoms with Gasteiger partial charge in [0.1, 0.15) is 23.9 Å². The van der Waals surface area contributed by atoms with Crippen LogP contribution in [-0.4, -0.2) is 41.7 Å². The second kappa shape index (κ2) is 7.15. The summed E-state index contributed by atoms with van der Waals surface area (Å²) in [4.78, 5) is 10.7. The lowest BCUT2D eigenvalue weighted by atomic mass is 10.2. The van der Waals surface area contributed by atoms with Crippen LogP contribution < -0.4 is 9.47 Å². The van der Waals surface area contributed by atoms with E-state index in [0.29, 0.717) is 12.6 Å². The van der Waals surface area contributed by atoms with Crippen molar-refractivity contribution in [2.45, 2.75) is 18.9 Å². The average molecular weight is 337 g/mol. The van der Waals surface area contributed by atoms with Crippen molar-refractivity contribution in [1.82, 2.24) is 14.9 Å². The maximum absolute atomic E-state index is 5.88. The smallest absolute Gasteiger partial charge is 0.124 e. The van der Waals surface area contributed by atoms with Gasteiger partial charge >= 0.3 is 0 Å². The van der Waals surface area contributed by atoms with Crippen LogP contribution in [0, 0.1) is 0 Å². The van der Waals surface area contributed by atoms with E-state index in [1.807, 2.05) is 36.4 Å². The van der Waals surface area contributed by atoms with E-state index in [4.69, 9.17) is 14.5 Å². The number of imidazole rings is 1. The average Bonchev–Trinajstić information content (AvgIpc) is 3.28. The van der Waals surface area contributed by atoms with Crippen molar-refractivity contribution in [1.29, 1.82) is 0 Å². The molecular weight excluding hydrogens is 314 g/mol. The van der Waals surface area contributed by atoms with Crippen LogP contribution in [0.2, 0.25) is 0 Å². The maximum Gasteiger partial charge on any atom is 0.124 e. The van der Waals surface area contributed by atoms with Crippen molar-refractivity contribution in [3.63, 3.8) is 0 Å². The molecule has 0 bridgehead atoms. The minimum atomic E-state index is 0.354. The fourth-order valence-electron chi connectivity index (χ4n) is 3.49. The minimum Gasteiger partial charge on any atom is -0.497 e. The Balaban J connectivity index is 1.37. The van der Waals surface area contributed by atoms with E-state index in [-0.39, 0.29) is 0 Å². The summed E-state index contributed by atoms with van der Waals surface area (Å²) in [6.07, 6.45) is 2.34. The first kappa shape index (κ1) is 16.0. The number of fused-ring (bicyclic) bond motifs is 1. The number of methoxy groups -OCH3 is 1. The van der Waals surface area contributed by atoms with E-state index >= 15 is 0 Å². The van der Waals surface area contributed by atoms with Gasteiger partial charge in [-0.05, 0) is 55.8 Å². The van der Waals surface area contributed by atoms with Crippen LogP contribution in [-0.2, 0) is 0 Å². The van der Waals surface area contributed by atoms with E-state index in [2.05, 4.69) is 22.0 Å². The van der Waals surface area contributed by atoms with Crippen molar-refractivity contribution >= 4 is 11.0 Å². The molecule has 0 unspecified atom stereocenters. The fraction of sp³-hybridized carbons (Fsp3) is 0.350. The summed E-state index contributed by atoms with van der Waals surface area (Å²) < 4.78 is 11.1. The highest BCUT2D eigenvalue weighted by Crippen LogP contribution is 2.31. The largest absolute Gasteiger partial charge is 0.497 e. The molecule has 0 radical (unpaired) electrons. The van der Waals surface area contributed by atoms with E-state index < -0.39 is 0 Å². The molecule has 0 aliphatic carbocycles. The molecule has 5 heteroatoms. The third-order valence-electron chi connectivity index (χ3n) is 4.79. The third kappa shape index (κ3) is 3.46. The molecule has 1 aromatic heterocycles. The molecule has 3 aromatic rings. The lowest BCUT2D eigenvalue weighted by Crippen LogP contribution is -2.28. The summed E-state index contributed by atoms with van der Waals surface area (Å²) in [5.41, 5.74) is 2.15. The van der Waals surface area contributed by atoms with Gasteiger partial charge in [-0.3, -0.25) is 4.90 Å². The van der Waals surface area contributed by atoms with Crippen molar-refractivity contribution in [3.05, 3.63) is 54.4 Å². The van der Waals surface area contributed by atoms with Crippen molar-refractivity contribution in [2.75, 3.05) is 26.8 Å². The zero-order valence-electron chi connectivity index (χ0n) is 14.4. The van der Waals surface area contributed by atoms with Gasteiger partial charge in [0.15, 0.2) is 0 Å². The molecule has 1 fully saturated rings. The Kier molecular flexibility index (Phi) is 4.57. The summed E-state index contributed by atoms with van der Waals surface area (Å²) in [5, 5.41) is 0. The van der Waals surface area contributed by atoms with Crippen LogP contribution >= 0.6 is 0 Å². The van der Waals surface area contributed by atoms with E-state index in [1.54, 1.807) is 7.11 Å². The van der Waals surface area contributed by atoms with Gasteiger partial charge in [-0.2, -0.15) is 0 Å². The first-order valence-corrected chi connectivity index (χ1v) is 8.79. The number of nitrogens with one attached hydrogen (secondary N) is 1. The number of nitrogens with zero attached hydrogens (tertiary/aromatic N) is 2. The fourth-order valence-corrected chi connectivity index (χ4v) is 3.49. The van der Waals surface area contributed by atoms with Gasteiger partial charge in [0.2, 0.25) is 0 Å². The number of aromatic amines is 1. The molecule has 0 amide bonds. The van der Waals surface area contributed by atoms with Crippen LogP contribution in [0.4, 0.5) is 0 Å². The monoisotopic (exact) mass is 337 g/mol. The number of hydrogen-bond donors (Lipinski definition) is 1. The van der Waals surface area contributed by atoms with Crippen LogP contribution in [0.5, 0.6) is 11.5 Å². The summed E-state index contributed by atoms with van der Waals surface area (Å²) >= 11 is 0. The number of aromatic nitrogens is 2. The van der Waals surface area contributed by atoms with Gasteiger partial charge in [-0.1, -0.05) is 12.1 Å². The Morgan fingerprint density at radius 1 is 1.12 bits per heavy atom. The number of hydrogen-bond acceptors (Lipinski definition) is 4. The van der Waals surface area contributed by atoms with E-state index in [1.165, 1.54) is 6.42 Å². The highest BCUT2D eigenvalue weighted by Gasteiger charge is 2.28. The second-order valence-corrected chi connectivity index (χ2v) is 6.36. The summed E-state index contributed by atoms with van der Waals surface area (Å²) in [7, 11) is 1.67. The van der Waals surface area contributed by atoms with Gasteiger partial charge in [-0.15, -0.1) is 0 Å². The lowest BCUT2D eigenvalue weighted by Gasteiger charge is -2.22. The summed E-state index contributed by atoms with van der Waals surface area (Å²) in [5.74, 6) is 2.79. The number of likely N-dealkylation sites (tertiary alicyclic amines) is 1. The summed E-state index contributed by atoms with van der Waals surface area (Å²) in [6, 6.07) is 16.3. The van der Waals surface area contributed by atoms with E-state index in [9.17, 15) is 0 Å². The molecule has 1 atom stereocenters. The molecule has 2 aromatic carbocycles. The van der Waals surface area contributed by atoms with Crippen molar-refractivity contribution < 1.29 is 9.47 Å². The van der Waals surface area contributed by atoms with Crippen molar-refractivity contribution in [3.8, 4) is 11.5 Å². The topological polar surface area (TPSA) is 50.4 Å². The summed E-state index contributed by atoms with van der Waals surface area (Å²) in [6.45, 7) is 2.66. The zero-order valence-corrected chi connectivity index (χ0v) is 14.4. The molecule has 5 nitrogen and oxygen atoms in total. The number of benzene rings is 2. The van der Waals surface area contributed by atoms with Crippen LogP contribution in [0.15, 0.2) is 48.5 Å². The van der Waals surface area contributed by atoms with Crippen LogP contribution in [0.1, 0.15) is 24.7 Å². The van der Waals surface area contributed by atoms with Crippen molar-refractivity contribution in [2.24, 2.45) is 0 Å². The van der Waals surface area contributed by atoms with Gasteiger partial charge in [0, 0.05) is 6.54 Å². The molecule has 1 N–H and O–H groups in total. The number of H-pyrrole nitrogens is 1. The maximum atomic E-state index is 5.88. The third-order valence-corrected chi connectivity index (χ3v) is 4.79. The molecule has 2 heterocycles. The second-order valence-electron chi connectivity index (χ2n) is 6.36. The molecule has 25 heavy (non-hydrogen) atoms. The first-order valence-electron chi connectivity index (χ1n) is 8.79. The number of ether oxygens (including phenoxy) is 2. The Labute approximate surface area is 147 Å². The molecule has 130 valence electrons. The zero-order chi connectivity index (χ0) is 17.1. The molecule has 1 aliphatic heterocycles. The van der Waals surface area contributed by atoms with Crippen LogP contribution in [0.3, 0.4) is 0 Å². The Hall–Kier alpha value is -2.53. The Morgan fingerprint density at radius 2 is 1.92 bits per heavy atom. The minimum absolute atomic E-state index is 0.354. The first-order chi connectivity index (χ1) is 12.3. The molecule has 0 saturated carbocycles. The SMILES string of the molecule is COc1ccc(OCCN2CCC[C@H]2c2nc3ccccc3[nH]2)cc1. The van der Waals surface area contributed by atoms with Crippen LogP contribution in [0.25, 0.3) is 11.0 Å². The molecule has 1 saturated heterocycles. The van der Waals surface area contributed by atoms with Gasteiger partial charge in [0.05, 0.1) is 24.2 Å². The normalized spacial score (nSPS) is 17.9. The predicted octanol–water partition coefficient (Wildman–Crippen LogP) is 3.79. The predicted molar refractivity (Wildman–Crippen MR) is 98.1 cm³/mol. The molecule has 1 aliphatic rings.